The molecule has 88 valence electrons. The van der Waals surface area contributed by atoms with Crippen LogP contribution in [0.2, 0.25) is 0 Å². The second-order valence-electron chi connectivity index (χ2n) is 3.93. The monoisotopic (exact) mass is 240 g/mol. The highest BCUT2D eigenvalue weighted by atomic mass is 32.1. The molecule has 1 unspecified atom stereocenters. The quantitative estimate of drug-likeness (QED) is 0.727. The molecule has 0 heterocycles. The van der Waals surface area contributed by atoms with Crippen molar-refractivity contribution < 1.29 is 13.2 Å². The Labute approximate surface area is 92.4 Å². The van der Waals surface area contributed by atoms with Crippen LogP contribution in [0, 0.1) is 5.92 Å². The van der Waals surface area contributed by atoms with E-state index in [2.05, 4.69) is 17.5 Å². The first kappa shape index (κ1) is 12.5. The number of rotatable bonds is 2. The first-order valence-corrected chi connectivity index (χ1v) is 5.45. The smallest absolute Gasteiger partial charge is 0.376 e. The predicted octanol–water partition coefficient (Wildman–Crippen LogP) is 2.33. The molecule has 1 atom stereocenters. The Morgan fingerprint density at radius 2 is 1.80 bits per heavy atom. The molecule has 0 aromatic heterocycles. The maximum absolute atomic E-state index is 12.7. The maximum atomic E-state index is 12.7. The molecule has 0 aromatic rings. The van der Waals surface area contributed by atoms with Gasteiger partial charge in [0.2, 0.25) is 0 Å². The van der Waals surface area contributed by atoms with Crippen LogP contribution in [0.15, 0.2) is 0 Å². The molecule has 1 aliphatic carbocycles. The van der Waals surface area contributed by atoms with Gasteiger partial charge in [-0.15, -0.1) is 0 Å². The summed E-state index contributed by atoms with van der Waals surface area (Å²) in [7, 11) is 0. The molecule has 0 aliphatic heterocycles. The van der Waals surface area contributed by atoms with Crippen LogP contribution < -0.4 is 11.1 Å². The van der Waals surface area contributed by atoms with Crippen LogP contribution in [0.4, 0.5) is 13.2 Å². The zero-order chi connectivity index (χ0) is 11.5. The summed E-state index contributed by atoms with van der Waals surface area (Å²) < 4.78 is 38.1. The van der Waals surface area contributed by atoms with Gasteiger partial charge in [0.05, 0.1) is 0 Å². The minimum atomic E-state index is -4.27. The lowest BCUT2D eigenvalue weighted by Crippen LogP contribution is -2.52. The molecule has 0 spiro atoms. The van der Waals surface area contributed by atoms with E-state index in [9.17, 15) is 13.2 Å². The van der Waals surface area contributed by atoms with E-state index in [4.69, 9.17) is 5.73 Å². The third-order valence-electron chi connectivity index (χ3n) is 2.77. The minimum absolute atomic E-state index is 0.275. The summed E-state index contributed by atoms with van der Waals surface area (Å²) in [6, 6.07) is -1.57. The average molecular weight is 240 g/mol. The zero-order valence-corrected chi connectivity index (χ0v) is 9.13. The summed E-state index contributed by atoms with van der Waals surface area (Å²) in [5.41, 5.74) is 5.12. The van der Waals surface area contributed by atoms with E-state index < -0.39 is 12.2 Å². The summed E-state index contributed by atoms with van der Waals surface area (Å²) in [5, 5.41) is 1.90. The Kier molecular flexibility index (Phi) is 4.19. The predicted molar refractivity (Wildman–Crippen MR) is 56.3 cm³/mol. The SMILES string of the molecule is NC(=S)NC(C1CCCCC1)C(F)(F)F. The molecule has 0 saturated heterocycles. The van der Waals surface area contributed by atoms with E-state index in [-0.39, 0.29) is 11.0 Å². The van der Waals surface area contributed by atoms with E-state index in [1.807, 2.05) is 0 Å². The lowest BCUT2D eigenvalue weighted by atomic mass is 9.83. The first-order chi connectivity index (χ1) is 6.91. The molecule has 0 amide bonds. The number of thiocarbonyl (C=S) groups is 1. The highest BCUT2D eigenvalue weighted by Crippen LogP contribution is 2.34. The normalized spacial score (nSPS) is 21.0. The highest BCUT2D eigenvalue weighted by Gasteiger charge is 2.44. The number of hydrogen-bond acceptors (Lipinski definition) is 1. The summed E-state index contributed by atoms with van der Waals surface area (Å²) in [6.45, 7) is 0. The third-order valence-corrected chi connectivity index (χ3v) is 2.89. The van der Waals surface area contributed by atoms with Crippen molar-refractivity contribution >= 4 is 17.3 Å². The molecule has 1 rings (SSSR count). The van der Waals surface area contributed by atoms with Gasteiger partial charge in [-0.1, -0.05) is 19.3 Å². The largest absolute Gasteiger partial charge is 0.408 e. The van der Waals surface area contributed by atoms with Gasteiger partial charge in [0, 0.05) is 0 Å². The second-order valence-corrected chi connectivity index (χ2v) is 4.37. The van der Waals surface area contributed by atoms with Gasteiger partial charge in [0.15, 0.2) is 5.11 Å². The van der Waals surface area contributed by atoms with E-state index >= 15 is 0 Å². The fourth-order valence-corrected chi connectivity index (χ4v) is 2.21. The Bertz CT molecular complexity index is 224. The molecule has 2 nitrogen and oxygen atoms in total. The van der Waals surface area contributed by atoms with E-state index in [1.165, 1.54) is 0 Å². The van der Waals surface area contributed by atoms with Gasteiger partial charge in [-0.2, -0.15) is 13.2 Å². The number of alkyl halides is 3. The van der Waals surface area contributed by atoms with E-state index in [0.29, 0.717) is 12.8 Å². The molecule has 15 heavy (non-hydrogen) atoms. The molecule has 0 radical (unpaired) electrons. The average Bonchev–Trinajstić information content (AvgIpc) is 2.14. The van der Waals surface area contributed by atoms with E-state index in [0.717, 1.165) is 19.3 Å². The topological polar surface area (TPSA) is 38.0 Å². The van der Waals surface area contributed by atoms with Gasteiger partial charge in [-0.05, 0) is 31.0 Å². The van der Waals surface area contributed by atoms with Crippen molar-refractivity contribution in [3.63, 3.8) is 0 Å². The molecule has 1 fully saturated rings. The Morgan fingerprint density at radius 3 is 2.20 bits per heavy atom. The molecule has 0 aromatic carbocycles. The van der Waals surface area contributed by atoms with Crippen molar-refractivity contribution in [2.24, 2.45) is 11.7 Å². The standard InChI is InChI=1S/C9H15F3N2S/c10-9(11,12)7(14-8(13)15)6-4-2-1-3-5-6/h6-7H,1-5H2,(H3,13,14,15). The van der Waals surface area contributed by atoms with Gasteiger partial charge in [0.25, 0.3) is 0 Å². The van der Waals surface area contributed by atoms with Crippen molar-refractivity contribution in [2.45, 2.75) is 44.3 Å². The maximum Gasteiger partial charge on any atom is 0.408 e. The lowest BCUT2D eigenvalue weighted by Gasteiger charge is -2.32. The first-order valence-electron chi connectivity index (χ1n) is 5.04. The molecule has 3 N–H and O–H groups in total. The van der Waals surface area contributed by atoms with Crippen molar-refractivity contribution in [1.82, 2.24) is 5.32 Å². The molecule has 6 heteroatoms. The zero-order valence-electron chi connectivity index (χ0n) is 8.31. The molecule has 1 aliphatic rings. The van der Waals surface area contributed by atoms with Crippen molar-refractivity contribution in [3.05, 3.63) is 0 Å². The Balaban J connectivity index is 2.66. The highest BCUT2D eigenvalue weighted by molar-refractivity contribution is 7.80. The number of nitrogens with one attached hydrogen (secondary N) is 1. The summed E-state index contributed by atoms with van der Waals surface area (Å²) >= 11 is 4.48. The molecule has 1 saturated carbocycles. The van der Waals surface area contributed by atoms with Gasteiger partial charge in [0.1, 0.15) is 6.04 Å². The number of halogens is 3. The summed E-state index contributed by atoms with van der Waals surface area (Å²) in [5.74, 6) is -0.389. The van der Waals surface area contributed by atoms with Crippen LogP contribution in [0.25, 0.3) is 0 Å². The van der Waals surface area contributed by atoms with Crippen LogP contribution in [-0.2, 0) is 0 Å². The molecule has 0 bridgehead atoms. The molecular weight excluding hydrogens is 225 g/mol. The minimum Gasteiger partial charge on any atom is -0.376 e. The fourth-order valence-electron chi connectivity index (χ4n) is 2.09. The van der Waals surface area contributed by atoms with Gasteiger partial charge >= 0.3 is 6.18 Å². The second kappa shape index (κ2) is 5.01. The van der Waals surface area contributed by atoms with Crippen molar-refractivity contribution in [1.29, 1.82) is 0 Å². The van der Waals surface area contributed by atoms with Crippen molar-refractivity contribution in [3.8, 4) is 0 Å². The fraction of sp³-hybridized carbons (Fsp3) is 0.889. The van der Waals surface area contributed by atoms with Gasteiger partial charge < -0.3 is 11.1 Å². The Morgan fingerprint density at radius 1 is 1.27 bits per heavy atom. The van der Waals surface area contributed by atoms with Crippen LogP contribution in [0.1, 0.15) is 32.1 Å². The summed E-state index contributed by atoms with van der Waals surface area (Å²) in [6.07, 6.45) is -0.342. The number of nitrogens with two attached hydrogens (primary N) is 1. The lowest BCUT2D eigenvalue weighted by molar-refractivity contribution is -0.166. The Hall–Kier alpha value is -0.520. The van der Waals surface area contributed by atoms with Crippen LogP contribution in [0.5, 0.6) is 0 Å². The van der Waals surface area contributed by atoms with E-state index in [1.54, 1.807) is 0 Å². The number of hydrogen-bond donors (Lipinski definition) is 2. The van der Waals surface area contributed by atoms with Crippen LogP contribution in [-0.4, -0.2) is 17.3 Å². The van der Waals surface area contributed by atoms with Crippen LogP contribution in [0.3, 0.4) is 0 Å². The van der Waals surface area contributed by atoms with Gasteiger partial charge in [-0.3, -0.25) is 0 Å². The summed E-state index contributed by atoms with van der Waals surface area (Å²) in [4.78, 5) is 0. The van der Waals surface area contributed by atoms with Crippen molar-refractivity contribution in [2.75, 3.05) is 0 Å². The van der Waals surface area contributed by atoms with Crippen LogP contribution >= 0.6 is 12.2 Å². The third kappa shape index (κ3) is 3.85. The molecular formula is C9H15F3N2S. The van der Waals surface area contributed by atoms with Gasteiger partial charge in [-0.25, -0.2) is 0 Å².